The number of aromatic amines is 1. The van der Waals surface area contributed by atoms with Crippen LogP contribution in [0.5, 0.6) is 5.75 Å². The number of nitrogens with zero attached hydrogens (tertiary/aromatic N) is 2. The van der Waals surface area contributed by atoms with Crippen molar-refractivity contribution in [2.45, 2.75) is 26.3 Å². The minimum Gasteiger partial charge on any atom is -0.493 e. The molecule has 4 rings (SSSR count). The van der Waals surface area contributed by atoms with Gasteiger partial charge in [-0.1, -0.05) is 30.3 Å². The summed E-state index contributed by atoms with van der Waals surface area (Å²) in [5.41, 5.74) is 2.04. The maximum atomic E-state index is 11.7. The molecule has 0 saturated heterocycles. The van der Waals surface area contributed by atoms with Crippen LogP contribution in [0.2, 0.25) is 0 Å². The van der Waals surface area contributed by atoms with Gasteiger partial charge in [0, 0.05) is 12.0 Å². The van der Waals surface area contributed by atoms with E-state index in [4.69, 9.17) is 13.7 Å². The van der Waals surface area contributed by atoms with Crippen LogP contribution in [-0.4, -0.2) is 21.3 Å². The van der Waals surface area contributed by atoms with E-state index in [9.17, 15) is 9.59 Å². The van der Waals surface area contributed by atoms with Crippen LogP contribution >= 0.6 is 0 Å². The fraction of sp³-hybridized carbons (Fsp3) is 0.227. The van der Waals surface area contributed by atoms with Gasteiger partial charge in [0.05, 0.1) is 18.3 Å². The van der Waals surface area contributed by atoms with Crippen LogP contribution in [0.15, 0.2) is 73.1 Å². The molecule has 8 nitrogen and oxygen atoms in total. The summed E-state index contributed by atoms with van der Waals surface area (Å²) in [6, 6.07) is 16.6. The van der Waals surface area contributed by atoms with E-state index in [2.05, 4.69) is 9.97 Å². The molecule has 0 fully saturated rings. The van der Waals surface area contributed by atoms with Crippen molar-refractivity contribution < 1.29 is 13.7 Å². The van der Waals surface area contributed by atoms with E-state index in [1.54, 1.807) is 6.92 Å². The number of aromatic nitrogens is 3. The zero-order valence-electron chi connectivity index (χ0n) is 16.6. The number of hydrogen-bond donors (Lipinski definition) is 1. The Morgan fingerprint density at radius 2 is 1.83 bits per heavy atom. The number of aryl methyl sites for hydroxylation is 1. The van der Waals surface area contributed by atoms with Crippen molar-refractivity contribution in [3.8, 4) is 17.2 Å². The lowest BCUT2D eigenvalue weighted by molar-refractivity contribution is 0.225. The third-order valence-corrected chi connectivity index (χ3v) is 4.83. The van der Waals surface area contributed by atoms with Gasteiger partial charge in [-0.15, -0.1) is 4.74 Å². The summed E-state index contributed by atoms with van der Waals surface area (Å²) in [6.45, 7) is 4.11. The average molecular weight is 407 g/mol. The molecule has 0 spiro atoms. The first kappa shape index (κ1) is 19.5. The number of oxazole rings is 1. The average Bonchev–Trinajstić information content (AvgIpc) is 3.30. The lowest BCUT2D eigenvalue weighted by atomic mass is 10.1. The molecule has 0 aliphatic rings. The molecule has 8 heteroatoms. The second-order valence-corrected chi connectivity index (χ2v) is 6.87. The fourth-order valence-corrected chi connectivity index (χ4v) is 3.16. The van der Waals surface area contributed by atoms with Crippen LogP contribution in [0.3, 0.4) is 0 Å². The van der Waals surface area contributed by atoms with Gasteiger partial charge in [-0.2, -0.15) is 0 Å². The molecular formula is C22H21N3O5. The highest BCUT2D eigenvalue weighted by atomic mass is 16.5. The van der Waals surface area contributed by atoms with Gasteiger partial charge >= 0.3 is 11.4 Å². The molecule has 0 amide bonds. The Labute approximate surface area is 171 Å². The molecular weight excluding hydrogens is 386 g/mol. The highest BCUT2D eigenvalue weighted by Gasteiger charge is 2.14. The summed E-state index contributed by atoms with van der Waals surface area (Å²) in [7, 11) is 0. The van der Waals surface area contributed by atoms with Gasteiger partial charge in [0.2, 0.25) is 5.89 Å². The molecule has 0 aliphatic carbocycles. The highest BCUT2D eigenvalue weighted by Crippen LogP contribution is 2.23. The standard InChI is InChI=1S/C22H21N3O5/c1-14(25-21(26)24-22(27)30-25)16-8-10-18(11-9-16)28-13-12-19-15(2)29-20(23-19)17-6-4-3-5-7-17/h3-11,14H,12-13H2,1-2H3,(H,24,26,27). The molecule has 0 aliphatic heterocycles. The number of benzene rings is 2. The Morgan fingerprint density at radius 3 is 2.50 bits per heavy atom. The van der Waals surface area contributed by atoms with Crippen LogP contribution in [0.1, 0.15) is 30.0 Å². The van der Waals surface area contributed by atoms with E-state index in [-0.39, 0.29) is 0 Å². The third-order valence-electron chi connectivity index (χ3n) is 4.83. The predicted octanol–water partition coefficient (Wildman–Crippen LogP) is 3.32. The van der Waals surface area contributed by atoms with Crippen LogP contribution in [0.4, 0.5) is 0 Å². The van der Waals surface area contributed by atoms with Crippen molar-refractivity contribution in [1.29, 1.82) is 0 Å². The van der Waals surface area contributed by atoms with Crippen LogP contribution in [0, 0.1) is 6.92 Å². The molecule has 1 N–H and O–H groups in total. The monoisotopic (exact) mass is 407 g/mol. The topological polar surface area (TPSA) is 103 Å². The van der Waals surface area contributed by atoms with Gasteiger partial charge in [0.1, 0.15) is 11.5 Å². The summed E-state index contributed by atoms with van der Waals surface area (Å²) in [6.07, 6.45) is 0.615. The summed E-state index contributed by atoms with van der Waals surface area (Å²) in [5, 5.41) is 0. The van der Waals surface area contributed by atoms with Gasteiger partial charge in [-0.3, -0.25) is 0 Å². The van der Waals surface area contributed by atoms with Gasteiger partial charge in [-0.25, -0.2) is 19.6 Å². The van der Waals surface area contributed by atoms with Gasteiger partial charge < -0.3 is 13.7 Å². The van der Waals surface area contributed by atoms with E-state index < -0.39 is 17.5 Å². The molecule has 30 heavy (non-hydrogen) atoms. The summed E-state index contributed by atoms with van der Waals surface area (Å²) < 4.78 is 17.5. The first-order valence-corrected chi connectivity index (χ1v) is 9.58. The number of H-pyrrole nitrogens is 1. The second-order valence-electron chi connectivity index (χ2n) is 6.87. The SMILES string of the molecule is Cc1oc(-c2ccccc2)nc1CCOc1ccc(C(C)n2oc(=O)[nH]c2=O)cc1. The molecule has 2 heterocycles. The first-order valence-electron chi connectivity index (χ1n) is 9.58. The van der Waals surface area contributed by atoms with E-state index in [0.29, 0.717) is 24.7 Å². The van der Waals surface area contributed by atoms with E-state index in [1.807, 2.05) is 61.5 Å². The van der Waals surface area contributed by atoms with Crippen LogP contribution in [-0.2, 0) is 6.42 Å². The van der Waals surface area contributed by atoms with Crippen molar-refractivity contribution >= 4 is 0 Å². The van der Waals surface area contributed by atoms with Crippen LogP contribution in [0.25, 0.3) is 11.5 Å². The summed E-state index contributed by atoms with van der Waals surface area (Å²) in [5.74, 6) is 1.30. The van der Waals surface area contributed by atoms with Gasteiger partial charge in [0.25, 0.3) is 0 Å². The Hall–Kier alpha value is -3.81. The molecule has 0 saturated carbocycles. The Morgan fingerprint density at radius 1 is 1.10 bits per heavy atom. The van der Waals surface area contributed by atoms with Gasteiger partial charge in [0.15, 0.2) is 0 Å². The van der Waals surface area contributed by atoms with Crippen molar-refractivity contribution in [3.63, 3.8) is 0 Å². The predicted molar refractivity (Wildman–Crippen MR) is 110 cm³/mol. The van der Waals surface area contributed by atoms with Crippen molar-refractivity contribution in [1.82, 2.24) is 14.7 Å². The normalized spacial score (nSPS) is 12.1. The molecule has 2 aromatic heterocycles. The Balaban J connectivity index is 1.37. The number of hydrogen-bond acceptors (Lipinski definition) is 6. The number of nitrogens with one attached hydrogen (secondary N) is 1. The zero-order chi connectivity index (χ0) is 21.1. The lowest BCUT2D eigenvalue weighted by Gasteiger charge is -2.11. The largest absolute Gasteiger partial charge is 0.493 e. The minimum absolute atomic E-state index is 0.417. The van der Waals surface area contributed by atoms with Crippen LogP contribution < -0.4 is 16.2 Å². The lowest BCUT2D eigenvalue weighted by Crippen LogP contribution is -2.20. The first-order chi connectivity index (χ1) is 14.5. The molecule has 1 unspecified atom stereocenters. The molecule has 2 aromatic carbocycles. The summed E-state index contributed by atoms with van der Waals surface area (Å²) >= 11 is 0. The van der Waals surface area contributed by atoms with Crippen molar-refractivity contribution in [2.24, 2.45) is 0 Å². The Kier molecular flexibility index (Phi) is 5.38. The highest BCUT2D eigenvalue weighted by molar-refractivity contribution is 5.53. The Bertz CT molecular complexity index is 1230. The molecule has 0 radical (unpaired) electrons. The number of ether oxygens (including phenoxy) is 1. The van der Waals surface area contributed by atoms with E-state index >= 15 is 0 Å². The quantitative estimate of drug-likeness (QED) is 0.504. The molecule has 0 bridgehead atoms. The minimum atomic E-state index is -0.773. The molecule has 4 aromatic rings. The molecule has 154 valence electrons. The van der Waals surface area contributed by atoms with E-state index in [1.165, 1.54) is 0 Å². The van der Waals surface area contributed by atoms with Crippen molar-refractivity contribution in [3.05, 3.63) is 92.6 Å². The maximum Gasteiger partial charge on any atom is 0.440 e. The summed E-state index contributed by atoms with van der Waals surface area (Å²) in [4.78, 5) is 29.5. The van der Waals surface area contributed by atoms with Gasteiger partial charge in [-0.05, 0) is 43.7 Å². The second kappa shape index (κ2) is 8.28. The maximum absolute atomic E-state index is 11.7. The number of rotatable bonds is 7. The molecule has 1 atom stereocenters. The van der Waals surface area contributed by atoms with E-state index in [0.717, 1.165) is 27.3 Å². The smallest absolute Gasteiger partial charge is 0.440 e. The third kappa shape index (κ3) is 4.12. The zero-order valence-corrected chi connectivity index (χ0v) is 16.6. The fourth-order valence-electron chi connectivity index (χ4n) is 3.16. The van der Waals surface area contributed by atoms with Crippen molar-refractivity contribution in [2.75, 3.05) is 6.61 Å².